The summed E-state index contributed by atoms with van der Waals surface area (Å²) in [5, 5.41) is 3.32. The van der Waals surface area contributed by atoms with Crippen molar-refractivity contribution in [2.24, 2.45) is 0 Å². The number of anilines is 1. The molecule has 0 aliphatic rings. The highest BCUT2D eigenvalue weighted by Gasteiger charge is 2.30. The Morgan fingerprint density at radius 1 is 1.12 bits per heavy atom. The van der Waals surface area contributed by atoms with Crippen LogP contribution in [0.5, 0.6) is 0 Å². The number of amides is 2. The second-order valence-electron chi connectivity index (χ2n) is 8.49. The van der Waals surface area contributed by atoms with Gasteiger partial charge in [-0.25, -0.2) is 8.42 Å². The molecule has 0 radical (unpaired) electrons. The zero-order valence-electron chi connectivity index (χ0n) is 20.5. The molecule has 0 saturated heterocycles. The number of halogens is 1. The monoisotopic (exact) mass is 507 g/mol. The van der Waals surface area contributed by atoms with Gasteiger partial charge < -0.3 is 10.2 Å². The molecule has 2 aromatic carbocycles. The lowest BCUT2D eigenvalue weighted by Crippen LogP contribution is -2.51. The normalized spacial score (nSPS) is 12.2. The summed E-state index contributed by atoms with van der Waals surface area (Å²) in [5.41, 5.74) is 2.71. The number of carbonyl (C=O) groups is 2. The van der Waals surface area contributed by atoms with E-state index < -0.39 is 28.5 Å². The van der Waals surface area contributed by atoms with Gasteiger partial charge in [-0.1, -0.05) is 55.3 Å². The molecule has 34 heavy (non-hydrogen) atoms. The van der Waals surface area contributed by atoms with Crippen LogP contribution in [0.1, 0.15) is 43.4 Å². The number of aryl methyl sites for hydroxylation is 2. The first-order valence-electron chi connectivity index (χ1n) is 11.3. The fraction of sp³-hybridized carbons (Fsp3) is 0.440. The molecule has 0 aliphatic heterocycles. The molecule has 0 aliphatic carbocycles. The van der Waals surface area contributed by atoms with E-state index in [9.17, 15) is 18.0 Å². The van der Waals surface area contributed by atoms with E-state index in [4.69, 9.17) is 11.6 Å². The lowest BCUT2D eigenvalue weighted by atomic mass is 10.1. The molecule has 0 fully saturated rings. The molecule has 2 aromatic rings. The summed E-state index contributed by atoms with van der Waals surface area (Å²) in [6.45, 7) is 7.46. The Morgan fingerprint density at radius 3 is 2.41 bits per heavy atom. The number of unbranched alkanes of at least 4 members (excludes halogenated alkanes) is 1. The molecule has 9 heteroatoms. The highest BCUT2D eigenvalue weighted by Crippen LogP contribution is 2.25. The van der Waals surface area contributed by atoms with Crippen LogP contribution in [0.25, 0.3) is 0 Å². The molecule has 2 rings (SSSR count). The summed E-state index contributed by atoms with van der Waals surface area (Å²) in [6.07, 6.45) is 2.82. The minimum Gasteiger partial charge on any atom is -0.354 e. The highest BCUT2D eigenvalue weighted by atomic mass is 35.5. The average Bonchev–Trinajstić information content (AvgIpc) is 2.77. The molecule has 7 nitrogen and oxygen atoms in total. The smallest absolute Gasteiger partial charge is 0.244 e. The number of rotatable bonds is 11. The van der Waals surface area contributed by atoms with Crippen LogP contribution in [0.4, 0.5) is 5.69 Å². The Kier molecular flexibility index (Phi) is 9.94. The maximum atomic E-state index is 13.6. The predicted molar refractivity (Wildman–Crippen MR) is 137 cm³/mol. The van der Waals surface area contributed by atoms with E-state index in [0.29, 0.717) is 22.8 Å². The second-order valence-corrected chi connectivity index (χ2v) is 10.8. The minimum atomic E-state index is -3.77. The van der Waals surface area contributed by atoms with E-state index in [1.807, 2.05) is 26.0 Å². The Labute approximate surface area is 208 Å². The fourth-order valence-corrected chi connectivity index (χ4v) is 4.61. The number of hydrogen-bond acceptors (Lipinski definition) is 4. The summed E-state index contributed by atoms with van der Waals surface area (Å²) in [5.74, 6) is -0.795. The van der Waals surface area contributed by atoms with Crippen LogP contribution in [-0.2, 0) is 26.2 Å². The molecule has 2 amide bonds. The molecule has 0 bridgehead atoms. The van der Waals surface area contributed by atoms with E-state index in [1.54, 1.807) is 44.2 Å². The van der Waals surface area contributed by atoms with Gasteiger partial charge in [-0.3, -0.25) is 13.9 Å². The minimum absolute atomic E-state index is 0.0747. The first kappa shape index (κ1) is 27.7. The van der Waals surface area contributed by atoms with Gasteiger partial charge in [0.25, 0.3) is 0 Å². The van der Waals surface area contributed by atoms with Crippen molar-refractivity contribution in [1.29, 1.82) is 0 Å². The van der Waals surface area contributed by atoms with Gasteiger partial charge in [0.15, 0.2) is 0 Å². The predicted octanol–water partition coefficient (Wildman–Crippen LogP) is 4.06. The van der Waals surface area contributed by atoms with Gasteiger partial charge in [-0.2, -0.15) is 0 Å². The number of sulfonamides is 1. The molecule has 0 heterocycles. The summed E-state index contributed by atoms with van der Waals surface area (Å²) in [7, 11) is -3.77. The standard InChI is InChI=1S/C25H34ClN3O4S/c1-6-7-14-27-25(31)20(4)28(16-21-10-8-9-11-22(21)26)24(30)17-29(34(5,32)33)23-15-18(2)12-13-19(23)3/h8-13,15,20H,6-7,14,16-17H2,1-5H3,(H,27,31). The van der Waals surface area contributed by atoms with Crippen LogP contribution in [0.2, 0.25) is 5.02 Å². The van der Waals surface area contributed by atoms with Gasteiger partial charge in [-0.15, -0.1) is 0 Å². The van der Waals surface area contributed by atoms with Crippen LogP contribution < -0.4 is 9.62 Å². The number of carbonyl (C=O) groups excluding carboxylic acids is 2. The van der Waals surface area contributed by atoms with Gasteiger partial charge in [0.1, 0.15) is 12.6 Å². The van der Waals surface area contributed by atoms with Crippen molar-refractivity contribution in [1.82, 2.24) is 10.2 Å². The van der Waals surface area contributed by atoms with E-state index in [-0.39, 0.29) is 12.5 Å². The van der Waals surface area contributed by atoms with Crippen LogP contribution in [0.3, 0.4) is 0 Å². The first-order valence-corrected chi connectivity index (χ1v) is 13.5. The molecule has 0 aromatic heterocycles. The van der Waals surface area contributed by atoms with Crippen molar-refractivity contribution < 1.29 is 18.0 Å². The average molecular weight is 508 g/mol. The van der Waals surface area contributed by atoms with Crippen LogP contribution in [0, 0.1) is 13.8 Å². The second kappa shape index (κ2) is 12.2. The number of hydrogen-bond donors (Lipinski definition) is 1. The molecular weight excluding hydrogens is 474 g/mol. The SMILES string of the molecule is CCCCNC(=O)C(C)N(Cc1ccccc1Cl)C(=O)CN(c1cc(C)ccc1C)S(C)(=O)=O. The van der Waals surface area contributed by atoms with Gasteiger partial charge >= 0.3 is 0 Å². The lowest BCUT2D eigenvalue weighted by Gasteiger charge is -2.32. The van der Waals surface area contributed by atoms with E-state index in [0.717, 1.165) is 34.5 Å². The van der Waals surface area contributed by atoms with Crippen molar-refractivity contribution in [2.45, 2.75) is 53.1 Å². The molecule has 0 spiro atoms. The molecule has 0 saturated carbocycles. The third kappa shape index (κ3) is 7.46. The zero-order chi connectivity index (χ0) is 25.5. The van der Waals surface area contributed by atoms with Gasteiger partial charge in [-0.05, 0) is 56.0 Å². The van der Waals surface area contributed by atoms with Crippen LogP contribution >= 0.6 is 11.6 Å². The third-order valence-corrected chi connectivity index (χ3v) is 7.10. The molecule has 1 unspecified atom stereocenters. The van der Waals surface area contributed by atoms with Crippen molar-refractivity contribution in [3.8, 4) is 0 Å². The molecule has 1 N–H and O–H groups in total. The number of nitrogens with one attached hydrogen (secondary N) is 1. The topological polar surface area (TPSA) is 86.8 Å². The summed E-state index contributed by atoms with van der Waals surface area (Å²) in [6, 6.07) is 11.7. The maximum Gasteiger partial charge on any atom is 0.244 e. The lowest BCUT2D eigenvalue weighted by molar-refractivity contribution is -0.139. The van der Waals surface area contributed by atoms with E-state index >= 15 is 0 Å². The fourth-order valence-electron chi connectivity index (χ4n) is 3.51. The Hall–Kier alpha value is -2.58. The van der Waals surface area contributed by atoms with Crippen LogP contribution in [0.15, 0.2) is 42.5 Å². The van der Waals surface area contributed by atoms with Gasteiger partial charge in [0.2, 0.25) is 21.8 Å². The summed E-state index contributed by atoms with van der Waals surface area (Å²) >= 11 is 6.33. The maximum absolute atomic E-state index is 13.6. The number of nitrogens with zero attached hydrogens (tertiary/aromatic N) is 2. The van der Waals surface area contributed by atoms with Crippen molar-refractivity contribution in [2.75, 3.05) is 23.7 Å². The summed E-state index contributed by atoms with van der Waals surface area (Å²) in [4.78, 5) is 27.8. The van der Waals surface area contributed by atoms with Gasteiger partial charge in [0.05, 0.1) is 11.9 Å². The Balaban J connectivity index is 2.41. The Bertz CT molecular complexity index is 1120. The quantitative estimate of drug-likeness (QED) is 0.465. The highest BCUT2D eigenvalue weighted by molar-refractivity contribution is 7.92. The van der Waals surface area contributed by atoms with Crippen molar-refractivity contribution >= 4 is 39.1 Å². The van der Waals surface area contributed by atoms with Crippen LogP contribution in [-0.4, -0.2) is 50.5 Å². The number of benzene rings is 2. The third-order valence-electron chi connectivity index (χ3n) is 5.61. The van der Waals surface area contributed by atoms with Crippen molar-refractivity contribution in [3.05, 3.63) is 64.2 Å². The molecule has 1 atom stereocenters. The van der Waals surface area contributed by atoms with Crippen molar-refractivity contribution in [3.63, 3.8) is 0 Å². The van der Waals surface area contributed by atoms with E-state index in [1.165, 1.54) is 4.90 Å². The molecular formula is C25H34ClN3O4S. The summed E-state index contributed by atoms with van der Waals surface area (Å²) < 4.78 is 26.5. The largest absolute Gasteiger partial charge is 0.354 e. The molecule has 186 valence electrons. The first-order chi connectivity index (χ1) is 16.0. The van der Waals surface area contributed by atoms with Gasteiger partial charge in [0, 0.05) is 18.1 Å². The van der Waals surface area contributed by atoms with E-state index in [2.05, 4.69) is 5.32 Å². The Morgan fingerprint density at radius 2 is 1.79 bits per heavy atom. The zero-order valence-corrected chi connectivity index (χ0v) is 22.0.